The lowest BCUT2D eigenvalue weighted by molar-refractivity contribution is -0.139. The molecule has 2 saturated heterocycles. The Balaban J connectivity index is 1.44. The van der Waals surface area contributed by atoms with E-state index in [0.717, 1.165) is 6.07 Å². The van der Waals surface area contributed by atoms with Gasteiger partial charge in [0.2, 0.25) is 0 Å². The number of fused-ring (bicyclic) bond motifs is 5. The van der Waals surface area contributed by atoms with Crippen LogP contribution < -0.4 is 5.32 Å². The van der Waals surface area contributed by atoms with Crippen molar-refractivity contribution < 1.29 is 37.0 Å². The van der Waals surface area contributed by atoms with Crippen LogP contribution in [0.4, 0.5) is 17.6 Å². The second kappa shape index (κ2) is 9.37. The van der Waals surface area contributed by atoms with Crippen LogP contribution in [-0.2, 0) is 14.3 Å². The Morgan fingerprint density at radius 2 is 1.93 bits per heavy atom. The number of benzene rings is 1. The number of aliphatic carboxylic acids is 1. The van der Waals surface area contributed by atoms with Crippen LogP contribution in [0.25, 0.3) is 0 Å². The molecule has 1 aliphatic carbocycles. The fourth-order valence-corrected chi connectivity index (χ4v) is 7.35. The molecular weight excluding hydrogens is 552 g/mol. The van der Waals surface area contributed by atoms with Gasteiger partial charge in [0.05, 0.1) is 12.7 Å². The summed E-state index contributed by atoms with van der Waals surface area (Å²) in [6.45, 7) is 1.28. The number of carbonyl (C=O) groups is 2. The minimum absolute atomic E-state index is 0.00142. The zero-order chi connectivity index (χ0) is 28.6. The van der Waals surface area contributed by atoms with E-state index in [4.69, 9.17) is 4.74 Å². The number of nitrogens with zero attached hydrogens (tertiary/aromatic N) is 3. The van der Waals surface area contributed by atoms with Crippen LogP contribution in [0.3, 0.4) is 0 Å². The van der Waals surface area contributed by atoms with Crippen LogP contribution in [0.5, 0.6) is 0 Å². The first-order valence-electron chi connectivity index (χ1n) is 12.8. The van der Waals surface area contributed by atoms with Crippen LogP contribution in [-0.4, -0.2) is 69.8 Å². The molecule has 3 unspecified atom stereocenters. The van der Waals surface area contributed by atoms with Crippen molar-refractivity contribution in [3.05, 3.63) is 62.7 Å². The number of rotatable bonds is 7. The maximum Gasteiger partial charge on any atom is 0.338 e. The van der Waals surface area contributed by atoms with E-state index < -0.39 is 53.0 Å². The number of nitrogens with one attached hydrogen (secondary N) is 1. The molecule has 13 heteroatoms. The van der Waals surface area contributed by atoms with Gasteiger partial charge >= 0.3 is 11.9 Å². The maximum absolute atomic E-state index is 15.8. The molecule has 0 radical (unpaired) electrons. The van der Waals surface area contributed by atoms with Gasteiger partial charge in [-0.1, -0.05) is 6.07 Å². The molecule has 4 heterocycles. The number of carbonyl (C=O) groups excluding carboxylic acids is 1. The summed E-state index contributed by atoms with van der Waals surface area (Å²) in [5, 5.41) is 14.6. The van der Waals surface area contributed by atoms with E-state index in [-0.39, 0.29) is 66.4 Å². The summed E-state index contributed by atoms with van der Waals surface area (Å²) < 4.78 is 65.4. The molecule has 2 N–H and O–H groups in total. The number of hydrogen-bond donors (Lipinski definition) is 2. The van der Waals surface area contributed by atoms with Crippen LogP contribution in [0, 0.1) is 24.5 Å². The number of alkyl halides is 2. The molecule has 3 aliphatic heterocycles. The van der Waals surface area contributed by atoms with Crippen molar-refractivity contribution in [2.24, 2.45) is 10.9 Å². The number of aliphatic imine (C=N–C) groups is 1. The molecule has 1 saturated carbocycles. The van der Waals surface area contributed by atoms with E-state index in [0.29, 0.717) is 5.01 Å². The van der Waals surface area contributed by atoms with Gasteiger partial charge in [-0.25, -0.2) is 27.3 Å². The predicted octanol–water partition coefficient (Wildman–Crippen LogP) is 4.01. The first kappa shape index (κ1) is 26.9. The molecule has 4 aliphatic rings. The summed E-state index contributed by atoms with van der Waals surface area (Å²) in [5.74, 6) is -4.06. The molecule has 212 valence electrons. The van der Waals surface area contributed by atoms with Crippen molar-refractivity contribution in [1.29, 1.82) is 0 Å². The third-order valence-electron chi connectivity index (χ3n) is 8.70. The molecule has 0 spiro atoms. The minimum atomic E-state index is -2.10. The van der Waals surface area contributed by atoms with Crippen LogP contribution in [0.1, 0.15) is 47.9 Å². The summed E-state index contributed by atoms with van der Waals surface area (Å²) in [6.07, 6.45) is 1.45. The molecule has 8 nitrogen and oxygen atoms in total. The van der Waals surface area contributed by atoms with Crippen molar-refractivity contribution in [2.45, 2.75) is 62.1 Å². The van der Waals surface area contributed by atoms with E-state index in [9.17, 15) is 23.5 Å². The third kappa shape index (κ3) is 3.96. The number of thiazole rings is 1. The molecule has 2 bridgehead atoms. The maximum atomic E-state index is 15.8. The molecule has 3 fully saturated rings. The van der Waals surface area contributed by atoms with E-state index in [1.54, 1.807) is 16.5 Å². The number of piperidine rings is 2. The zero-order valence-corrected chi connectivity index (χ0v) is 22.4. The largest absolute Gasteiger partial charge is 0.481 e. The quantitative estimate of drug-likeness (QED) is 0.378. The van der Waals surface area contributed by atoms with Gasteiger partial charge in [-0.3, -0.25) is 14.7 Å². The molecule has 2 aromatic rings. The highest BCUT2D eigenvalue weighted by Crippen LogP contribution is 2.70. The summed E-state index contributed by atoms with van der Waals surface area (Å²) in [4.78, 5) is 35.1. The average Bonchev–Trinajstić information content (AvgIpc) is 3.20. The topological polar surface area (TPSA) is 104 Å². The van der Waals surface area contributed by atoms with Crippen LogP contribution in [0.15, 0.2) is 40.0 Å². The van der Waals surface area contributed by atoms with Gasteiger partial charge < -0.3 is 15.2 Å². The fourth-order valence-electron chi connectivity index (χ4n) is 6.76. The van der Waals surface area contributed by atoms with Crippen LogP contribution >= 0.6 is 11.3 Å². The zero-order valence-electron chi connectivity index (χ0n) is 21.6. The van der Waals surface area contributed by atoms with Crippen molar-refractivity contribution in [2.75, 3.05) is 13.7 Å². The molecule has 1 aromatic heterocycles. The van der Waals surface area contributed by atoms with Gasteiger partial charge in [0.1, 0.15) is 6.04 Å². The summed E-state index contributed by atoms with van der Waals surface area (Å²) in [6, 6.07) is -0.600. The first-order valence-corrected chi connectivity index (χ1v) is 13.7. The van der Waals surface area contributed by atoms with Gasteiger partial charge in [-0.15, -0.1) is 11.3 Å². The Morgan fingerprint density at radius 3 is 2.52 bits per heavy atom. The van der Waals surface area contributed by atoms with E-state index >= 15 is 8.78 Å². The summed E-state index contributed by atoms with van der Waals surface area (Å²) >= 11 is 1.26. The highest BCUT2D eigenvalue weighted by Gasteiger charge is 2.85. The van der Waals surface area contributed by atoms with Gasteiger partial charge in [0.15, 0.2) is 33.8 Å². The lowest BCUT2D eigenvalue weighted by Crippen LogP contribution is -2.52. The van der Waals surface area contributed by atoms with Gasteiger partial charge in [-0.2, -0.15) is 0 Å². The average molecular weight is 579 g/mol. The molecular formula is C27H26F4N4O4S. The smallest absolute Gasteiger partial charge is 0.338 e. The van der Waals surface area contributed by atoms with Gasteiger partial charge in [0.25, 0.3) is 0 Å². The van der Waals surface area contributed by atoms with Crippen molar-refractivity contribution >= 4 is 29.1 Å². The number of ether oxygens (including phenoxy) is 1. The molecule has 0 amide bonds. The number of esters is 1. The Hall–Kier alpha value is -3.32. The SMILES string of the molecule is COC(=O)C1=C(CN2[C@H]3CC(CC(=O)O)C[C@@H]2C2(F)CC32F)NC(c2nccs2)=N[C@H]1c1ccc(F)c(F)c1C. The predicted molar refractivity (Wildman–Crippen MR) is 136 cm³/mol. The Kier molecular flexibility index (Phi) is 6.30. The Morgan fingerprint density at radius 1 is 1.23 bits per heavy atom. The second-order valence-corrected chi connectivity index (χ2v) is 11.7. The van der Waals surface area contributed by atoms with Crippen molar-refractivity contribution in [3.8, 4) is 0 Å². The number of carboxylic acid groups (broad SMARTS) is 1. The Bertz CT molecular complexity index is 1440. The second-order valence-electron chi connectivity index (χ2n) is 10.8. The number of hydrogen-bond acceptors (Lipinski definition) is 8. The van der Waals surface area contributed by atoms with Crippen molar-refractivity contribution in [1.82, 2.24) is 15.2 Å². The molecule has 1 aromatic carbocycles. The summed E-state index contributed by atoms with van der Waals surface area (Å²) in [7, 11) is 1.17. The lowest BCUT2D eigenvalue weighted by atomic mass is 9.84. The number of carboxylic acids is 1. The van der Waals surface area contributed by atoms with Gasteiger partial charge in [0, 0.05) is 48.7 Å². The summed E-state index contributed by atoms with van der Waals surface area (Å²) in [5.41, 5.74) is -3.78. The minimum Gasteiger partial charge on any atom is -0.481 e. The van der Waals surface area contributed by atoms with Crippen LogP contribution in [0.2, 0.25) is 0 Å². The number of methoxy groups -OCH3 is 1. The first-order chi connectivity index (χ1) is 19.0. The number of halogens is 4. The number of amidine groups is 1. The van der Waals surface area contributed by atoms with Gasteiger partial charge in [-0.05, 0) is 42.9 Å². The van der Waals surface area contributed by atoms with E-state index in [1.165, 1.54) is 31.4 Å². The monoisotopic (exact) mass is 578 g/mol. The molecule has 40 heavy (non-hydrogen) atoms. The highest BCUT2D eigenvalue weighted by molar-refractivity contribution is 7.11. The lowest BCUT2D eigenvalue weighted by Gasteiger charge is -2.42. The number of aromatic nitrogens is 1. The standard InChI is InChI=1S/C27H26F4N4O4S/c1-12-14(3-4-15(28)21(12)29)22-20(25(38)39-2)16(33-23(34-22)24-32-5-6-40-24)10-35-17-7-13(9-19(36)37)8-18(35)27(31)11-26(17,27)30/h3-6,13,17-18,22H,7-11H2,1-2H3,(H,33,34)(H,36,37)/t13?,17-,18+,22-,26?,27?/m0/s1. The van der Waals surface area contributed by atoms with Crippen molar-refractivity contribution in [3.63, 3.8) is 0 Å². The third-order valence-corrected chi connectivity index (χ3v) is 9.48. The highest BCUT2D eigenvalue weighted by atomic mass is 32.1. The fraction of sp³-hybridized carbons (Fsp3) is 0.481. The normalized spacial score (nSPS) is 32.8. The molecule has 6 rings (SSSR count). The van der Waals surface area contributed by atoms with E-state index in [1.807, 2.05) is 0 Å². The molecule has 6 atom stereocenters. The van der Waals surface area contributed by atoms with E-state index in [2.05, 4.69) is 15.3 Å². The Labute approximate surface area is 230 Å².